The molecule has 150 valence electrons. The predicted molar refractivity (Wildman–Crippen MR) is 103 cm³/mol. The van der Waals surface area contributed by atoms with Gasteiger partial charge in [-0.1, -0.05) is 6.07 Å². The number of aliphatic hydroxyl groups is 1. The number of carbonyl (C=O) groups is 3. The first-order valence-electron chi connectivity index (χ1n) is 9.84. The average molecular weight is 386 g/mol. The molecule has 2 atom stereocenters. The van der Waals surface area contributed by atoms with Crippen molar-refractivity contribution in [2.24, 2.45) is 5.41 Å². The van der Waals surface area contributed by atoms with Crippen LogP contribution in [0.15, 0.2) is 18.2 Å². The van der Waals surface area contributed by atoms with Crippen molar-refractivity contribution in [3.63, 3.8) is 0 Å². The number of piperidine rings is 2. The Kier molecular flexibility index (Phi) is 4.74. The van der Waals surface area contributed by atoms with Crippen molar-refractivity contribution in [1.82, 2.24) is 15.5 Å². The zero-order valence-corrected chi connectivity index (χ0v) is 16.0. The fourth-order valence-electron chi connectivity index (χ4n) is 4.53. The van der Waals surface area contributed by atoms with Gasteiger partial charge in [0.2, 0.25) is 5.91 Å². The Morgan fingerprint density at radius 2 is 2.04 bits per heavy atom. The summed E-state index contributed by atoms with van der Waals surface area (Å²) in [7, 11) is 0. The Bertz CT molecular complexity index is 826. The van der Waals surface area contributed by atoms with Crippen LogP contribution in [-0.2, 0) is 4.79 Å². The summed E-state index contributed by atoms with van der Waals surface area (Å²) in [6, 6.07) is 5.19. The highest BCUT2D eigenvalue weighted by molar-refractivity contribution is 5.99. The molecule has 8 heteroatoms. The maximum atomic E-state index is 13.2. The number of hydrogen-bond donors (Lipinski definition) is 3. The molecule has 3 saturated heterocycles. The molecule has 1 spiro atoms. The first-order valence-corrected chi connectivity index (χ1v) is 9.84. The van der Waals surface area contributed by atoms with Crippen molar-refractivity contribution in [3.8, 4) is 0 Å². The molecule has 0 bridgehead atoms. The van der Waals surface area contributed by atoms with Crippen LogP contribution in [0.1, 0.15) is 35.2 Å². The number of benzene rings is 1. The van der Waals surface area contributed by atoms with E-state index < -0.39 is 11.5 Å². The molecular formula is C20H26N4O4. The van der Waals surface area contributed by atoms with E-state index in [2.05, 4.69) is 10.6 Å². The number of urea groups is 1. The second kappa shape index (κ2) is 7.09. The van der Waals surface area contributed by atoms with E-state index >= 15 is 0 Å². The second-order valence-corrected chi connectivity index (χ2v) is 7.93. The van der Waals surface area contributed by atoms with E-state index in [1.165, 1.54) is 0 Å². The highest BCUT2D eigenvalue weighted by Gasteiger charge is 2.50. The van der Waals surface area contributed by atoms with Gasteiger partial charge in [-0.3, -0.25) is 14.5 Å². The van der Waals surface area contributed by atoms with Crippen LogP contribution in [0.5, 0.6) is 0 Å². The van der Waals surface area contributed by atoms with Gasteiger partial charge in [-0.2, -0.15) is 0 Å². The van der Waals surface area contributed by atoms with Gasteiger partial charge in [-0.25, -0.2) is 4.79 Å². The standard InChI is InChI=1S/C20H26N4O4/c1-13-3-4-14(11-15(13)24-10-8-22-19(24)28)17(26)23-9-5-16(25)20(12-23)6-2-7-21-18(20)27/h3-4,11,16,25H,2,5-10,12H2,1H3,(H,21,27)(H,22,28)/t16-,20+/m0/s1. The van der Waals surface area contributed by atoms with Crippen LogP contribution in [-0.4, -0.2) is 66.7 Å². The van der Waals surface area contributed by atoms with Crippen molar-refractivity contribution < 1.29 is 19.5 Å². The van der Waals surface area contributed by atoms with E-state index in [9.17, 15) is 19.5 Å². The number of hydrogen-bond acceptors (Lipinski definition) is 4. The van der Waals surface area contributed by atoms with Crippen LogP contribution in [0, 0.1) is 12.3 Å². The van der Waals surface area contributed by atoms with Gasteiger partial charge in [0.1, 0.15) is 0 Å². The summed E-state index contributed by atoms with van der Waals surface area (Å²) < 4.78 is 0. The smallest absolute Gasteiger partial charge is 0.322 e. The van der Waals surface area contributed by atoms with Gasteiger partial charge in [-0.05, 0) is 43.9 Å². The van der Waals surface area contributed by atoms with Gasteiger partial charge in [0.25, 0.3) is 5.91 Å². The maximum absolute atomic E-state index is 13.2. The van der Waals surface area contributed by atoms with Crippen LogP contribution in [0.3, 0.4) is 0 Å². The maximum Gasteiger partial charge on any atom is 0.322 e. The van der Waals surface area contributed by atoms with E-state index in [4.69, 9.17) is 0 Å². The molecule has 0 unspecified atom stereocenters. The van der Waals surface area contributed by atoms with Gasteiger partial charge in [0.05, 0.1) is 11.5 Å². The molecule has 8 nitrogen and oxygen atoms in total. The molecule has 3 aliphatic heterocycles. The number of nitrogens with one attached hydrogen (secondary N) is 2. The largest absolute Gasteiger partial charge is 0.392 e. The fraction of sp³-hybridized carbons (Fsp3) is 0.550. The lowest BCUT2D eigenvalue weighted by Gasteiger charge is -2.46. The average Bonchev–Trinajstić information content (AvgIpc) is 3.12. The molecule has 0 saturated carbocycles. The molecule has 1 aromatic rings. The SMILES string of the molecule is Cc1ccc(C(=O)N2CC[C@H](O)[C@@]3(CCCNC3=O)C2)cc1N1CCNC1=O. The second-order valence-electron chi connectivity index (χ2n) is 7.93. The van der Waals surface area contributed by atoms with Crippen molar-refractivity contribution in [2.45, 2.75) is 32.3 Å². The van der Waals surface area contributed by atoms with Crippen molar-refractivity contribution in [3.05, 3.63) is 29.3 Å². The summed E-state index contributed by atoms with van der Waals surface area (Å²) >= 11 is 0. The van der Waals surface area contributed by atoms with Crippen LogP contribution < -0.4 is 15.5 Å². The molecule has 4 rings (SSSR count). The van der Waals surface area contributed by atoms with E-state index in [0.717, 1.165) is 17.7 Å². The summed E-state index contributed by atoms with van der Waals surface area (Å²) in [5.74, 6) is -0.340. The molecule has 3 N–H and O–H groups in total. The lowest BCUT2D eigenvalue weighted by atomic mass is 9.71. The summed E-state index contributed by atoms with van der Waals surface area (Å²) in [5.41, 5.74) is 1.21. The first kappa shape index (κ1) is 18.7. The van der Waals surface area contributed by atoms with Gasteiger partial charge in [0, 0.05) is 44.0 Å². The van der Waals surface area contributed by atoms with Gasteiger partial charge >= 0.3 is 6.03 Å². The molecule has 4 amide bonds. The predicted octanol–water partition coefficient (Wildman–Crippen LogP) is 0.628. The number of aryl methyl sites for hydroxylation is 1. The Morgan fingerprint density at radius 1 is 1.21 bits per heavy atom. The molecule has 0 radical (unpaired) electrons. The Hall–Kier alpha value is -2.61. The zero-order valence-electron chi connectivity index (χ0n) is 16.0. The quantitative estimate of drug-likeness (QED) is 0.694. The van der Waals surface area contributed by atoms with Crippen molar-refractivity contribution in [2.75, 3.05) is 37.6 Å². The topological polar surface area (TPSA) is 102 Å². The third-order valence-electron chi connectivity index (χ3n) is 6.21. The molecule has 1 aromatic carbocycles. The van der Waals surface area contributed by atoms with E-state index in [1.54, 1.807) is 21.9 Å². The summed E-state index contributed by atoms with van der Waals surface area (Å²) in [5, 5.41) is 16.1. The number of anilines is 1. The lowest BCUT2D eigenvalue weighted by Crippen LogP contribution is -2.62. The summed E-state index contributed by atoms with van der Waals surface area (Å²) in [6.45, 7) is 4.29. The van der Waals surface area contributed by atoms with Gasteiger partial charge in [0.15, 0.2) is 0 Å². The molecule has 0 aliphatic carbocycles. The molecule has 0 aromatic heterocycles. The Balaban J connectivity index is 1.59. The Morgan fingerprint density at radius 3 is 2.75 bits per heavy atom. The van der Waals surface area contributed by atoms with Crippen molar-refractivity contribution in [1.29, 1.82) is 0 Å². The monoisotopic (exact) mass is 386 g/mol. The Labute approximate surface area is 163 Å². The lowest BCUT2D eigenvalue weighted by molar-refractivity contribution is -0.147. The van der Waals surface area contributed by atoms with E-state index in [-0.39, 0.29) is 24.4 Å². The summed E-state index contributed by atoms with van der Waals surface area (Å²) in [6.07, 6.45) is 1.02. The van der Waals surface area contributed by atoms with Crippen molar-refractivity contribution >= 4 is 23.5 Å². The minimum absolute atomic E-state index is 0.161. The fourth-order valence-corrected chi connectivity index (χ4v) is 4.53. The minimum Gasteiger partial charge on any atom is -0.392 e. The van der Waals surface area contributed by atoms with Crippen LogP contribution in [0.4, 0.5) is 10.5 Å². The normalized spacial score (nSPS) is 27.7. The number of nitrogens with zero attached hydrogens (tertiary/aromatic N) is 2. The molecule has 28 heavy (non-hydrogen) atoms. The highest BCUT2D eigenvalue weighted by atomic mass is 16.3. The third kappa shape index (κ3) is 3.01. The minimum atomic E-state index is -0.922. The van der Waals surface area contributed by atoms with E-state index in [0.29, 0.717) is 44.6 Å². The van der Waals surface area contributed by atoms with E-state index in [1.807, 2.05) is 13.0 Å². The number of aliphatic hydroxyl groups excluding tert-OH is 1. The van der Waals surface area contributed by atoms with Gasteiger partial charge in [-0.15, -0.1) is 0 Å². The third-order valence-corrected chi connectivity index (χ3v) is 6.21. The van der Waals surface area contributed by atoms with Crippen LogP contribution in [0.2, 0.25) is 0 Å². The van der Waals surface area contributed by atoms with Gasteiger partial charge < -0.3 is 20.6 Å². The summed E-state index contributed by atoms with van der Waals surface area (Å²) in [4.78, 5) is 41.1. The number of rotatable bonds is 2. The zero-order chi connectivity index (χ0) is 19.9. The number of likely N-dealkylation sites (tertiary alicyclic amines) is 1. The first-order chi connectivity index (χ1) is 13.4. The molecule has 3 heterocycles. The van der Waals surface area contributed by atoms with Crippen LogP contribution in [0.25, 0.3) is 0 Å². The van der Waals surface area contributed by atoms with Crippen LogP contribution >= 0.6 is 0 Å². The number of carbonyl (C=O) groups excluding carboxylic acids is 3. The highest BCUT2D eigenvalue weighted by Crippen LogP contribution is 2.38. The molecular weight excluding hydrogens is 360 g/mol. The molecule has 3 aliphatic rings. The molecule has 3 fully saturated rings. The number of amides is 4.